The van der Waals surface area contributed by atoms with Gasteiger partial charge in [0.25, 0.3) is 0 Å². The molecule has 0 spiro atoms. The predicted molar refractivity (Wildman–Crippen MR) is 144 cm³/mol. The number of methoxy groups -OCH3 is 1. The van der Waals surface area contributed by atoms with Crippen molar-refractivity contribution in [3.63, 3.8) is 0 Å². The molecule has 1 amide bonds. The van der Waals surface area contributed by atoms with Crippen molar-refractivity contribution in [2.24, 2.45) is 5.73 Å². The van der Waals surface area contributed by atoms with Gasteiger partial charge in [0.1, 0.15) is 0 Å². The van der Waals surface area contributed by atoms with E-state index in [2.05, 4.69) is 9.97 Å². The van der Waals surface area contributed by atoms with Gasteiger partial charge in [0.05, 0.1) is 30.6 Å². The molecular weight excluding hydrogens is 492 g/mol. The third-order valence-electron chi connectivity index (χ3n) is 6.31. The first-order valence-corrected chi connectivity index (χ1v) is 12.3. The zero-order valence-electron chi connectivity index (χ0n) is 20.7. The molecule has 2 aromatic heterocycles. The molecule has 1 unspecified atom stereocenters. The van der Waals surface area contributed by atoms with Crippen LogP contribution in [0.1, 0.15) is 22.4 Å². The molecule has 4 N–H and O–H groups in total. The maximum atomic E-state index is 12.9. The van der Waals surface area contributed by atoms with Gasteiger partial charge < -0.3 is 25.5 Å². The number of rotatable bonds is 10. The Kier molecular flexibility index (Phi) is 8.11. The van der Waals surface area contributed by atoms with Crippen LogP contribution in [0, 0.1) is 0 Å². The number of nitrogens with two attached hydrogens (primary N) is 1. The minimum atomic E-state index is -0.920. The number of likely N-dealkylation sites (N-methyl/N-ethyl adjacent to an activating group) is 1. The minimum Gasteiger partial charge on any atom is -0.481 e. The maximum Gasteiger partial charge on any atom is 0.307 e. The van der Waals surface area contributed by atoms with Crippen molar-refractivity contribution in [2.75, 3.05) is 19.1 Å². The van der Waals surface area contributed by atoms with Gasteiger partial charge in [-0.2, -0.15) is 0 Å². The van der Waals surface area contributed by atoms with Crippen molar-refractivity contribution in [1.29, 1.82) is 0 Å². The number of nitrogens with zero attached hydrogens (tertiary/aromatic N) is 2. The molecule has 8 nitrogen and oxygen atoms in total. The van der Waals surface area contributed by atoms with E-state index in [0.717, 1.165) is 28.0 Å². The van der Waals surface area contributed by atoms with Gasteiger partial charge in [-0.15, -0.1) is 0 Å². The number of hydrogen-bond donors (Lipinski definition) is 3. The Morgan fingerprint density at radius 1 is 1.11 bits per heavy atom. The molecule has 0 fully saturated rings. The summed E-state index contributed by atoms with van der Waals surface area (Å²) in [6.07, 6.45) is 1.55. The van der Waals surface area contributed by atoms with E-state index in [-0.39, 0.29) is 12.3 Å². The fourth-order valence-corrected chi connectivity index (χ4v) is 4.51. The molecular formula is C28H29ClN4O4. The summed E-state index contributed by atoms with van der Waals surface area (Å²) in [6.45, 7) is 0. The number of anilines is 1. The Hall–Kier alpha value is -3.88. The van der Waals surface area contributed by atoms with Gasteiger partial charge in [0.2, 0.25) is 11.8 Å². The number of carboxylic acids is 1. The highest BCUT2D eigenvalue weighted by molar-refractivity contribution is 6.30. The lowest BCUT2D eigenvalue weighted by Gasteiger charge is -2.21. The molecule has 4 aromatic rings. The number of H-pyrrole nitrogens is 1. The van der Waals surface area contributed by atoms with Crippen LogP contribution >= 0.6 is 11.6 Å². The molecule has 0 bridgehead atoms. The molecule has 0 aliphatic rings. The number of amides is 1. The quantitative estimate of drug-likeness (QED) is 0.288. The Bertz CT molecular complexity index is 1420. The van der Waals surface area contributed by atoms with Crippen LogP contribution in [0.3, 0.4) is 0 Å². The Balaban J connectivity index is 1.46. The first kappa shape index (κ1) is 26.2. The molecule has 0 aliphatic carbocycles. The summed E-state index contributed by atoms with van der Waals surface area (Å²) in [7, 11) is 3.22. The number of carbonyl (C=O) groups excluding carboxylic acids is 1. The number of aromatic nitrogens is 2. The summed E-state index contributed by atoms with van der Waals surface area (Å²) < 4.78 is 5.21. The maximum absolute atomic E-state index is 12.9. The SMILES string of the molecule is COc1ccc2[nH]c(CCc3cccc(CC(N)C(=O)N(C)c4ccc(Cl)cc4)c3)c(CC(=O)O)c2n1. The topological polar surface area (TPSA) is 122 Å². The van der Waals surface area contributed by atoms with Crippen molar-refractivity contribution in [1.82, 2.24) is 9.97 Å². The number of carboxylic acid groups (broad SMARTS) is 1. The van der Waals surface area contributed by atoms with Crippen LogP contribution < -0.4 is 15.4 Å². The third kappa shape index (κ3) is 6.28. The van der Waals surface area contributed by atoms with Crippen molar-refractivity contribution in [3.05, 3.63) is 88.1 Å². The highest BCUT2D eigenvalue weighted by Gasteiger charge is 2.20. The van der Waals surface area contributed by atoms with Gasteiger partial charge in [-0.3, -0.25) is 9.59 Å². The number of nitrogens with one attached hydrogen (secondary N) is 1. The fourth-order valence-electron chi connectivity index (χ4n) is 4.39. The van der Waals surface area contributed by atoms with Gasteiger partial charge in [-0.05, 0) is 60.7 Å². The Morgan fingerprint density at radius 2 is 1.84 bits per heavy atom. The van der Waals surface area contributed by atoms with Gasteiger partial charge in [0.15, 0.2) is 0 Å². The average molecular weight is 521 g/mol. The smallest absolute Gasteiger partial charge is 0.307 e. The summed E-state index contributed by atoms with van der Waals surface area (Å²) in [6, 6.07) is 17.9. The van der Waals surface area contributed by atoms with Gasteiger partial charge in [-0.1, -0.05) is 35.9 Å². The monoisotopic (exact) mass is 520 g/mol. The van der Waals surface area contributed by atoms with Gasteiger partial charge in [-0.25, -0.2) is 4.98 Å². The summed E-state index contributed by atoms with van der Waals surface area (Å²) >= 11 is 5.94. The Morgan fingerprint density at radius 3 is 2.54 bits per heavy atom. The van der Waals surface area contributed by atoms with Crippen molar-refractivity contribution >= 4 is 40.2 Å². The lowest BCUT2D eigenvalue weighted by Crippen LogP contribution is -2.43. The number of benzene rings is 2. The first-order valence-electron chi connectivity index (χ1n) is 11.9. The van der Waals surface area contributed by atoms with Gasteiger partial charge in [0, 0.05) is 35.1 Å². The highest BCUT2D eigenvalue weighted by Crippen LogP contribution is 2.25. The average Bonchev–Trinajstić information content (AvgIpc) is 3.23. The third-order valence-corrected chi connectivity index (χ3v) is 6.57. The molecule has 9 heteroatoms. The summed E-state index contributed by atoms with van der Waals surface area (Å²) in [5.41, 5.74) is 11.9. The Labute approximate surface area is 220 Å². The van der Waals surface area contributed by atoms with Crippen molar-refractivity contribution in [2.45, 2.75) is 31.7 Å². The zero-order valence-corrected chi connectivity index (χ0v) is 21.5. The van der Waals surface area contributed by atoms with Crippen molar-refractivity contribution in [3.8, 4) is 5.88 Å². The van der Waals surface area contributed by atoms with Crippen molar-refractivity contribution < 1.29 is 19.4 Å². The largest absolute Gasteiger partial charge is 0.481 e. The van der Waals surface area contributed by atoms with Crippen LogP contribution in [-0.4, -0.2) is 47.2 Å². The van der Waals surface area contributed by atoms with Crippen LogP contribution in [0.25, 0.3) is 11.0 Å². The molecule has 1 atom stereocenters. The fraction of sp³-hybridized carbons (Fsp3) is 0.250. The normalized spacial score (nSPS) is 11.9. The summed E-state index contributed by atoms with van der Waals surface area (Å²) in [5, 5.41) is 10.0. The number of aromatic amines is 1. The number of hydrogen-bond acceptors (Lipinski definition) is 5. The van der Waals surface area contributed by atoms with E-state index in [1.807, 2.05) is 30.3 Å². The van der Waals surface area contributed by atoms with E-state index in [1.54, 1.807) is 37.4 Å². The van der Waals surface area contributed by atoms with E-state index in [0.29, 0.717) is 41.2 Å². The standard InChI is InChI=1S/C28H29ClN4O4/c1-33(20-9-7-19(29)8-10-20)28(36)22(30)15-18-5-3-4-17(14-18)6-11-23-21(16-26(34)35)27-24(31-23)12-13-25(32-27)37-2/h3-5,7-10,12-14,22,31H,6,11,15-16,30H2,1-2H3,(H,34,35). The lowest BCUT2D eigenvalue weighted by molar-refractivity contribution is -0.136. The second-order valence-electron chi connectivity index (χ2n) is 8.91. The van der Waals surface area contributed by atoms with Crippen LogP contribution in [0.5, 0.6) is 5.88 Å². The minimum absolute atomic E-state index is 0.131. The first-order chi connectivity index (χ1) is 17.7. The van der Waals surface area contributed by atoms with E-state index in [4.69, 9.17) is 22.1 Å². The molecule has 0 aliphatic heterocycles. The number of pyridine rings is 1. The predicted octanol–water partition coefficient (Wildman–Crippen LogP) is 4.17. The molecule has 0 radical (unpaired) electrons. The molecule has 37 heavy (non-hydrogen) atoms. The molecule has 2 heterocycles. The number of ether oxygens (including phenoxy) is 1. The highest BCUT2D eigenvalue weighted by atomic mass is 35.5. The molecule has 0 saturated carbocycles. The number of aryl methyl sites for hydroxylation is 2. The molecule has 192 valence electrons. The number of carbonyl (C=O) groups is 2. The molecule has 4 rings (SSSR count). The van der Waals surface area contributed by atoms with E-state index < -0.39 is 12.0 Å². The summed E-state index contributed by atoms with van der Waals surface area (Å²) in [4.78, 5) is 33.7. The van der Waals surface area contributed by atoms with E-state index in [9.17, 15) is 14.7 Å². The number of halogens is 1. The summed E-state index contributed by atoms with van der Waals surface area (Å²) in [5.74, 6) is -0.673. The number of fused-ring (bicyclic) bond motifs is 1. The van der Waals surface area contributed by atoms with E-state index in [1.165, 1.54) is 12.0 Å². The zero-order chi connectivity index (χ0) is 26.5. The molecule has 2 aromatic carbocycles. The van der Waals surface area contributed by atoms with E-state index >= 15 is 0 Å². The van der Waals surface area contributed by atoms with Crippen LogP contribution in [-0.2, 0) is 35.3 Å². The number of aliphatic carboxylic acids is 1. The lowest BCUT2D eigenvalue weighted by atomic mass is 9.99. The van der Waals surface area contributed by atoms with Crippen LogP contribution in [0.15, 0.2) is 60.7 Å². The second kappa shape index (κ2) is 11.5. The second-order valence-corrected chi connectivity index (χ2v) is 9.34. The molecule has 0 saturated heterocycles. The van der Waals surface area contributed by atoms with Gasteiger partial charge >= 0.3 is 5.97 Å². The van der Waals surface area contributed by atoms with Crippen LogP contribution in [0.4, 0.5) is 5.69 Å². The van der Waals surface area contributed by atoms with Crippen LogP contribution in [0.2, 0.25) is 5.02 Å².